The number of nitrogens with zero attached hydrogens (tertiary/aromatic N) is 1. The summed E-state index contributed by atoms with van der Waals surface area (Å²) in [6, 6.07) is 27.5. The van der Waals surface area contributed by atoms with Crippen LogP contribution in [-0.4, -0.2) is 5.71 Å². The van der Waals surface area contributed by atoms with Crippen molar-refractivity contribution in [3.05, 3.63) is 94.5 Å². The predicted molar refractivity (Wildman–Crippen MR) is 106 cm³/mol. The van der Waals surface area contributed by atoms with Gasteiger partial charge in [0.05, 0.1) is 5.69 Å². The van der Waals surface area contributed by atoms with Gasteiger partial charge in [-0.15, -0.1) is 11.8 Å². The standard InChI is InChI=1S/C21H16BrNS/c22-17-10-6-9-16(13-17)21-14-19(15-7-2-1-3-8-15)23-18-11-4-5-12-20(18)24-21/h1-13,21H,14H2. The Kier molecular flexibility index (Phi) is 4.54. The molecule has 3 aromatic rings. The molecule has 1 atom stereocenters. The second kappa shape index (κ2) is 6.96. The highest BCUT2D eigenvalue weighted by Crippen LogP contribution is 2.45. The molecular formula is C21H16BrNS. The van der Waals surface area contributed by atoms with Crippen molar-refractivity contribution in [2.45, 2.75) is 16.6 Å². The van der Waals surface area contributed by atoms with Gasteiger partial charge < -0.3 is 0 Å². The maximum atomic E-state index is 4.99. The second-order valence-corrected chi connectivity index (χ2v) is 7.92. The van der Waals surface area contributed by atoms with Crippen LogP contribution in [0, 0.1) is 0 Å². The number of hydrogen-bond acceptors (Lipinski definition) is 2. The molecule has 0 N–H and O–H groups in total. The van der Waals surface area contributed by atoms with Crippen molar-refractivity contribution in [1.29, 1.82) is 0 Å². The Morgan fingerprint density at radius 2 is 1.67 bits per heavy atom. The molecule has 1 aliphatic rings. The second-order valence-electron chi connectivity index (χ2n) is 5.76. The summed E-state index contributed by atoms with van der Waals surface area (Å²) in [5.41, 5.74) is 4.75. The van der Waals surface area contributed by atoms with Crippen molar-refractivity contribution in [2.24, 2.45) is 4.99 Å². The van der Waals surface area contributed by atoms with Gasteiger partial charge in [0.1, 0.15) is 0 Å². The summed E-state index contributed by atoms with van der Waals surface area (Å²) in [6.07, 6.45) is 0.916. The monoisotopic (exact) mass is 393 g/mol. The Balaban J connectivity index is 1.81. The van der Waals surface area contributed by atoms with E-state index in [1.165, 1.54) is 16.0 Å². The highest BCUT2D eigenvalue weighted by atomic mass is 79.9. The van der Waals surface area contributed by atoms with Crippen LogP contribution in [0.15, 0.2) is 93.2 Å². The van der Waals surface area contributed by atoms with Crippen molar-refractivity contribution < 1.29 is 0 Å². The number of halogens is 1. The van der Waals surface area contributed by atoms with E-state index in [1.54, 1.807) is 0 Å². The summed E-state index contributed by atoms with van der Waals surface area (Å²) in [5, 5.41) is 0.352. The lowest BCUT2D eigenvalue weighted by atomic mass is 10.0. The number of thioether (sulfide) groups is 1. The first kappa shape index (κ1) is 15.7. The van der Waals surface area contributed by atoms with Gasteiger partial charge >= 0.3 is 0 Å². The van der Waals surface area contributed by atoms with Gasteiger partial charge in [-0.2, -0.15) is 0 Å². The lowest BCUT2D eigenvalue weighted by Gasteiger charge is -2.16. The van der Waals surface area contributed by atoms with E-state index < -0.39 is 0 Å². The number of aliphatic imine (C=N–C) groups is 1. The molecule has 4 rings (SSSR count). The molecule has 0 aromatic heterocycles. The zero-order valence-electron chi connectivity index (χ0n) is 13.0. The van der Waals surface area contributed by atoms with E-state index in [1.807, 2.05) is 11.8 Å². The lowest BCUT2D eigenvalue weighted by Crippen LogP contribution is -2.05. The Bertz CT molecular complexity index is 889. The number of fused-ring (bicyclic) bond motifs is 1. The van der Waals surface area contributed by atoms with Crippen LogP contribution in [0.3, 0.4) is 0 Å². The molecule has 118 valence electrons. The first-order chi connectivity index (χ1) is 11.8. The Hall–Kier alpha value is -1.84. The van der Waals surface area contributed by atoms with E-state index in [0.717, 1.165) is 22.3 Å². The van der Waals surface area contributed by atoms with Gasteiger partial charge in [0, 0.05) is 26.8 Å². The molecule has 1 heterocycles. The maximum Gasteiger partial charge on any atom is 0.0769 e. The summed E-state index contributed by atoms with van der Waals surface area (Å²) in [5.74, 6) is 0. The molecule has 0 bridgehead atoms. The van der Waals surface area contributed by atoms with Gasteiger partial charge in [-0.25, -0.2) is 0 Å². The van der Waals surface area contributed by atoms with Crippen molar-refractivity contribution in [2.75, 3.05) is 0 Å². The normalized spacial score (nSPS) is 16.9. The minimum Gasteiger partial charge on any atom is -0.252 e. The summed E-state index contributed by atoms with van der Waals surface area (Å²) < 4.78 is 1.12. The fourth-order valence-corrected chi connectivity index (χ4v) is 4.56. The maximum absolute atomic E-state index is 4.99. The third-order valence-electron chi connectivity index (χ3n) is 4.10. The van der Waals surface area contributed by atoms with Gasteiger partial charge in [-0.1, -0.05) is 70.5 Å². The number of benzene rings is 3. The van der Waals surface area contributed by atoms with E-state index in [2.05, 4.69) is 94.8 Å². The Morgan fingerprint density at radius 1 is 0.875 bits per heavy atom. The smallest absolute Gasteiger partial charge is 0.0769 e. The van der Waals surface area contributed by atoms with Crippen LogP contribution in [0.4, 0.5) is 5.69 Å². The average Bonchev–Trinajstić information content (AvgIpc) is 2.82. The van der Waals surface area contributed by atoms with E-state index in [4.69, 9.17) is 4.99 Å². The van der Waals surface area contributed by atoms with Gasteiger partial charge in [-0.05, 0) is 35.4 Å². The molecule has 1 nitrogen and oxygen atoms in total. The van der Waals surface area contributed by atoms with E-state index >= 15 is 0 Å². The molecule has 3 aromatic carbocycles. The number of rotatable bonds is 2. The van der Waals surface area contributed by atoms with Crippen molar-refractivity contribution in [3.8, 4) is 0 Å². The predicted octanol–water partition coefficient (Wildman–Crippen LogP) is 6.81. The van der Waals surface area contributed by atoms with E-state index in [-0.39, 0.29) is 0 Å². The van der Waals surface area contributed by atoms with Gasteiger partial charge in [-0.3, -0.25) is 4.99 Å². The van der Waals surface area contributed by atoms with Crippen LogP contribution < -0.4 is 0 Å². The molecule has 0 saturated carbocycles. The third-order valence-corrected chi connectivity index (χ3v) is 5.91. The number of hydrogen-bond donors (Lipinski definition) is 0. The van der Waals surface area contributed by atoms with Crippen LogP contribution in [0.2, 0.25) is 0 Å². The molecule has 24 heavy (non-hydrogen) atoms. The van der Waals surface area contributed by atoms with E-state index in [0.29, 0.717) is 5.25 Å². The van der Waals surface area contributed by atoms with Crippen molar-refractivity contribution >= 4 is 39.1 Å². The highest BCUT2D eigenvalue weighted by molar-refractivity contribution is 9.10. The lowest BCUT2D eigenvalue weighted by molar-refractivity contribution is 1.01. The molecule has 0 fully saturated rings. The van der Waals surface area contributed by atoms with Crippen molar-refractivity contribution in [3.63, 3.8) is 0 Å². The zero-order valence-corrected chi connectivity index (χ0v) is 15.4. The molecule has 1 aliphatic heterocycles. The Morgan fingerprint density at radius 3 is 2.50 bits per heavy atom. The summed E-state index contributed by atoms with van der Waals surface area (Å²) in [4.78, 5) is 6.24. The molecular weight excluding hydrogens is 378 g/mol. The van der Waals surface area contributed by atoms with Gasteiger partial charge in [0.2, 0.25) is 0 Å². The molecule has 0 amide bonds. The average molecular weight is 394 g/mol. The SMILES string of the molecule is Brc1cccc(C2CC(c3ccccc3)=Nc3ccccc3S2)c1. The first-order valence-electron chi connectivity index (χ1n) is 7.94. The largest absolute Gasteiger partial charge is 0.252 e. The molecule has 0 spiro atoms. The van der Waals surface area contributed by atoms with Crippen LogP contribution in [-0.2, 0) is 0 Å². The Labute approximate surface area is 155 Å². The molecule has 0 aliphatic carbocycles. The molecule has 0 saturated heterocycles. The van der Waals surface area contributed by atoms with Crippen LogP contribution in [0.1, 0.15) is 22.8 Å². The summed E-state index contributed by atoms with van der Waals surface area (Å²) >= 11 is 5.50. The fourth-order valence-electron chi connectivity index (χ4n) is 2.92. The van der Waals surface area contributed by atoms with Crippen LogP contribution in [0.5, 0.6) is 0 Å². The van der Waals surface area contributed by atoms with Crippen molar-refractivity contribution in [1.82, 2.24) is 0 Å². The number of para-hydroxylation sites is 1. The van der Waals surface area contributed by atoms with E-state index in [9.17, 15) is 0 Å². The fraction of sp³-hybridized carbons (Fsp3) is 0.0952. The highest BCUT2D eigenvalue weighted by Gasteiger charge is 2.22. The topological polar surface area (TPSA) is 12.4 Å². The first-order valence-corrected chi connectivity index (χ1v) is 9.61. The van der Waals surface area contributed by atoms with Crippen LogP contribution >= 0.6 is 27.7 Å². The quantitative estimate of drug-likeness (QED) is 0.465. The summed E-state index contributed by atoms with van der Waals surface area (Å²) in [7, 11) is 0. The molecule has 0 radical (unpaired) electrons. The minimum atomic E-state index is 0.352. The zero-order chi connectivity index (χ0) is 16.4. The minimum absolute atomic E-state index is 0.352. The molecule has 3 heteroatoms. The van der Waals surface area contributed by atoms with Gasteiger partial charge in [0.15, 0.2) is 0 Å². The van der Waals surface area contributed by atoms with Gasteiger partial charge in [0.25, 0.3) is 0 Å². The van der Waals surface area contributed by atoms with Crippen LogP contribution in [0.25, 0.3) is 0 Å². The summed E-state index contributed by atoms with van der Waals surface area (Å²) in [6.45, 7) is 0. The molecule has 1 unspecified atom stereocenters. The third kappa shape index (κ3) is 3.33.